The molecule has 0 bridgehead atoms. The average molecular weight is 406 g/mol. The minimum atomic E-state index is -0.0835. The van der Waals surface area contributed by atoms with Gasteiger partial charge in [-0.05, 0) is 24.3 Å². The fourth-order valence-electron chi connectivity index (χ4n) is 3.62. The molecule has 0 aliphatic heterocycles. The summed E-state index contributed by atoms with van der Waals surface area (Å²) in [6.07, 6.45) is 0. The number of ether oxygens (including phenoxy) is 1. The third-order valence-electron chi connectivity index (χ3n) is 4.99. The second kappa shape index (κ2) is 6.87. The second-order valence-corrected chi connectivity index (χ2v) is 6.69. The van der Waals surface area contributed by atoms with Crippen molar-refractivity contribution in [1.82, 2.24) is 24.5 Å². The van der Waals surface area contributed by atoms with Gasteiger partial charge in [0.2, 0.25) is 0 Å². The Hall–Kier alpha value is -4.89. The van der Waals surface area contributed by atoms with E-state index in [1.165, 1.54) is 0 Å². The zero-order valence-corrected chi connectivity index (χ0v) is 16.3. The third-order valence-corrected chi connectivity index (χ3v) is 4.99. The number of nitrogen functional groups attached to an aromatic ring is 1. The largest absolute Gasteiger partial charge is 0.495 e. The number of fused-ring (bicyclic) bond motifs is 2. The van der Waals surface area contributed by atoms with Crippen molar-refractivity contribution >= 4 is 28.0 Å². The predicted molar refractivity (Wildman–Crippen MR) is 114 cm³/mol. The van der Waals surface area contributed by atoms with E-state index >= 15 is 0 Å². The van der Waals surface area contributed by atoms with Crippen LogP contribution in [0.5, 0.6) is 5.75 Å². The number of nitrogens with two attached hydrogens (primary N) is 1. The van der Waals surface area contributed by atoms with Gasteiger partial charge in [0.15, 0.2) is 17.0 Å². The number of imidazole rings is 1. The van der Waals surface area contributed by atoms with Crippen LogP contribution in [0.3, 0.4) is 0 Å². The molecule has 0 fully saturated rings. The first-order chi connectivity index (χ1) is 15.2. The average Bonchev–Trinajstić information content (AvgIpc) is 3.35. The normalized spacial score (nSPS) is 10.8. The van der Waals surface area contributed by atoms with Crippen molar-refractivity contribution in [2.75, 3.05) is 12.8 Å². The van der Waals surface area contributed by atoms with Crippen molar-refractivity contribution in [1.29, 1.82) is 10.5 Å². The Morgan fingerprint density at radius 1 is 0.968 bits per heavy atom. The molecule has 3 heterocycles. The summed E-state index contributed by atoms with van der Waals surface area (Å²) < 4.78 is 7.16. The topological polar surface area (TPSA) is 142 Å². The zero-order chi connectivity index (χ0) is 21.5. The Kier molecular flexibility index (Phi) is 4.02. The van der Waals surface area contributed by atoms with E-state index in [4.69, 9.17) is 10.5 Å². The van der Waals surface area contributed by atoms with E-state index in [0.717, 1.165) is 11.0 Å². The van der Waals surface area contributed by atoms with Gasteiger partial charge in [0.25, 0.3) is 0 Å². The summed E-state index contributed by atoms with van der Waals surface area (Å²) in [5.41, 5.74) is 9.84. The van der Waals surface area contributed by atoms with Gasteiger partial charge < -0.3 is 15.5 Å². The Morgan fingerprint density at radius 3 is 2.42 bits per heavy atom. The van der Waals surface area contributed by atoms with E-state index < -0.39 is 0 Å². The molecule has 0 unspecified atom stereocenters. The molecule has 0 spiro atoms. The minimum Gasteiger partial charge on any atom is -0.495 e. The van der Waals surface area contributed by atoms with Gasteiger partial charge in [-0.25, -0.2) is 15.0 Å². The smallest absolute Gasteiger partial charge is 0.179 e. The lowest BCUT2D eigenvalue weighted by atomic mass is 10.2. The third kappa shape index (κ3) is 2.65. The molecule has 5 rings (SSSR count). The number of H-pyrrole nitrogens is 1. The number of hydrogen-bond donors (Lipinski definition) is 2. The van der Waals surface area contributed by atoms with Gasteiger partial charge in [0.05, 0.1) is 29.4 Å². The van der Waals surface area contributed by atoms with E-state index in [9.17, 15) is 10.5 Å². The van der Waals surface area contributed by atoms with Crippen LogP contribution >= 0.6 is 0 Å². The van der Waals surface area contributed by atoms with Crippen molar-refractivity contribution in [3.63, 3.8) is 0 Å². The standard InChI is InChI=1S/C22H14N8O/c1-31-17-9-5-4-8-16(17)30-20(25)18(21-27-12-6-2-3-7-13(12)28-21)19-22(30)29-15(11-24)14(10-23)26-19/h2-9H,25H2,1H3,(H,27,28). The maximum Gasteiger partial charge on any atom is 0.179 e. The van der Waals surface area contributed by atoms with Crippen LogP contribution in [0.4, 0.5) is 5.82 Å². The summed E-state index contributed by atoms with van der Waals surface area (Å²) >= 11 is 0. The van der Waals surface area contributed by atoms with E-state index in [-0.39, 0.29) is 11.4 Å². The number of aromatic nitrogens is 5. The number of para-hydroxylation sites is 4. The number of anilines is 1. The summed E-state index contributed by atoms with van der Waals surface area (Å²) in [6, 6.07) is 18.7. The van der Waals surface area contributed by atoms with Crippen LogP contribution in [0, 0.1) is 22.7 Å². The molecule has 0 aliphatic rings. The molecule has 0 amide bonds. The van der Waals surface area contributed by atoms with Crippen LogP contribution in [0.2, 0.25) is 0 Å². The second-order valence-electron chi connectivity index (χ2n) is 6.69. The van der Waals surface area contributed by atoms with Crippen molar-refractivity contribution in [2.45, 2.75) is 0 Å². The molecular formula is C22H14N8O. The molecular weight excluding hydrogens is 392 g/mol. The highest BCUT2D eigenvalue weighted by Crippen LogP contribution is 2.39. The van der Waals surface area contributed by atoms with Crippen LogP contribution in [-0.4, -0.2) is 31.6 Å². The number of aromatic amines is 1. The number of benzene rings is 2. The molecule has 0 atom stereocenters. The number of nitriles is 2. The molecule has 31 heavy (non-hydrogen) atoms. The number of rotatable bonds is 3. The number of nitrogens with zero attached hydrogens (tertiary/aromatic N) is 6. The van der Waals surface area contributed by atoms with Crippen LogP contribution < -0.4 is 10.5 Å². The van der Waals surface area contributed by atoms with Gasteiger partial charge in [-0.1, -0.05) is 24.3 Å². The van der Waals surface area contributed by atoms with E-state index in [2.05, 4.69) is 19.9 Å². The molecule has 0 radical (unpaired) electrons. The van der Waals surface area contributed by atoms with Crippen molar-refractivity contribution < 1.29 is 4.74 Å². The van der Waals surface area contributed by atoms with Gasteiger partial charge >= 0.3 is 0 Å². The number of hydrogen-bond acceptors (Lipinski definition) is 7. The molecule has 148 valence electrons. The fraction of sp³-hybridized carbons (Fsp3) is 0.0455. The summed E-state index contributed by atoms with van der Waals surface area (Å²) in [6.45, 7) is 0. The maximum absolute atomic E-state index is 9.48. The lowest BCUT2D eigenvalue weighted by molar-refractivity contribution is 0.413. The molecule has 9 heteroatoms. The lowest BCUT2D eigenvalue weighted by Crippen LogP contribution is -2.04. The minimum absolute atomic E-state index is 0.0791. The highest BCUT2D eigenvalue weighted by Gasteiger charge is 2.25. The highest BCUT2D eigenvalue weighted by atomic mass is 16.5. The van der Waals surface area contributed by atoms with Crippen LogP contribution in [0.15, 0.2) is 48.5 Å². The van der Waals surface area contributed by atoms with Gasteiger partial charge in [-0.2, -0.15) is 10.5 Å². The molecule has 0 saturated heterocycles. The van der Waals surface area contributed by atoms with Crippen molar-refractivity contribution in [2.24, 2.45) is 0 Å². The van der Waals surface area contributed by atoms with E-state index in [1.54, 1.807) is 17.7 Å². The molecule has 5 aromatic rings. The Morgan fingerprint density at radius 2 is 1.68 bits per heavy atom. The highest BCUT2D eigenvalue weighted by molar-refractivity contribution is 6.00. The van der Waals surface area contributed by atoms with Gasteiger partial charge in [-0.15, -0.1) is 0 Å². The molecule has 9 nitrogen and oxygen atoms in total. The van der Waals surface area contributed by atoms with Crippen LogP contribution in [0.1, 0.15) is 11.4 Å². The fourth-order valence-corrected chi connectivity index (χ4v) is 3.62. The SMILES string of the molecule is COc1ccccc1-n1c(N)c(-c2nc3ccccc3[nH]2)c2nc(C#N)c(C#N)nc21. The Balaban J connectivity index is 1.93. The first-order valence-corrected chi connectivity index (χ1v) is 9.27. The van der Waals surface area contributed by atoms with Crippen molar-refractivity contribution in [3.05, 3.63) is 59.9 Å². The quantitative estimate of drug-likeness (QED) is 0.468. The number of nitrogens with one attached hydrogen (secondary N) is 1. The summed E-state index contributed by atoms with van der Waals surface area (Å²) in [4.78, 5) is 16.7. The van der Waals surface area contributed by atoms with Crippen LogP contribution in [0.25, 0.3) is 39.3 Å². The number of methoxy groups -OCH3 is 1. The molecule has 3 aromatic heterocycles. The van der Waals surface area contributed by atoms with Gasteiger partial charge in [0, 0.05) is 0 Å². The van der Waals surface area contributed by atoms with Crippen molar-refractivity contribution in [3.8, 4) is 35.0 Å². The Bertz CT molecular complexity index is 1530. The maximum atomic E-state index is 9.48. The van der Waals surface area contributed by atoms with Gasteiger partial charge in [0.1, 0.15) is 35.0 Å². The molecule has 2 aromatic carbocycles. The summed E-state index contributed by atoms with van der Waals surface area (Å²) in [5.74, 6) is 1.35. The zero-order valence-electron chi connectivity index (χ0n) is 16.3. The molecule has 0 saturated carbocycles. The molecule has 0 aliphatic carbocycles. The molecule has 3 N–H and O–H groups in total. The van der Waals surface area contributed by atoms with E-state index in [0.29, 0.717) is 39.8 Å². The van der Waals surface area contributed by atoms with Crippen LogP contribution in [-0.2, 0) is 0 Å². The van der Waals surface area contributed by atoms with E-state index in [1.807, 2.05) is 54.6 Å². The monoisotopic (exact) mass is 406 g/mol. The first-order valence-electron chi connectivity index (χ1n) is 9.27. The predicted octanol–water partition coefficient (Wildman–Crippen LogP) is 3.30. The first kappa shape index (κ1) is 18.2. The summed E-state index contributed by atoms with van der Waals surface area (Å²) in [5, 5.41) is 18.9. The lowest BCUT2D eigenvalue weighted by Gasteiger charge is -2.12. The van der Waals surface area contributed by atoms with Gasteiger partial charge in [-0.3, -0.25) is 4.57 Å². The Labute approximate surface area is 176 Å². The summed E-state index contributed by atoms with van der Waals surface area (Å²) in [7, 11) is 1.56.